The van der Waals surface area contributed by atoms with Gasteiger partial charge >= 0.3 is 6.03 Å². The third kappa shape index (κ3) is 3.44. The quantitative estimate of drug-likeness (QED) is 0.898. The first kappa shape index (κ1) is 15.1. The molecule has 5 heteroatoms. The minimum absolute atomic E-state index is 0.0649. The second-order valence-corrected chi connectivity index (χ2v) is 5.55. The summed E-state index contributed by atoms with van der Waals surface area (Å²) in [6, 6.07) is 7.86. The van der Waals surface area contributed by atoms with Crippen molar-refractivity contribution in [1.82, 2.24) is 10.2 Å². The Labute approximate surface area is 125 Å². The molecule has 20 heavy (non-hydrogen) atoms. The molecule has 0 radical (unpaired) electrons. The number of rotatable bonds is 3. The zero-order valence-corrected chi connectivity index (χ0v) is 12.8. The van der Waals surface area contributed by atoms with E-state index in [4.69, 9.17) is 11.6 Å². The van der Waals surface area contributed by atoms with Crippen molar-refractivity contribution >= 4 is 23.3 Å². The summed E-state index contributed by atoms with van der Waals surface area (Å²) in [5.41, 5.74) is 0.667. The van der Waals surface area contributed by atoms with Crippen LogP contribution in [0, 0.1) is 0 Å². The number of anilines is 1. The lowest BCUT2D eigenvalue weighted by molar-refractivity contribution is 0.147. The van der Waals surface area contributed by atoms with Gasteiger partial charge in [0.1, 0.15) is 0 Å². The van der Waals surface area contributed by atoms with Crippen molar-refractivity contribution in [2.75, 3.05) is 18.4 Å². The minimum atomic E-state index is -0.0649. The number of amides is 2. The molecule has 1 saturated heterocycles. The number of nitrogens with one attached hydrogen (secondary N) is 2. The third-order valence-corrected chi connectivity index (χ3v) is 4.17. The normalized spacial score (nSPS) is 22.6. The molecule has 2 N–H and O–H groups in total. The summed E-state index contributed by atoms with van der Waals surface area (Å²) < 4.78 is 0. The summed E-state index contributed by atoms with van der Waals surface area (Å²) in [6.07, 6.45) is 1.96. The van der Waals surface area contributed by atoms with Crippen molar-refractivity contribution < 1.29 is 4.79 Å². The molecule has 1 aliphatic heterocycles. The van der Waals surface area contributed by atoms with Crippen molar-refractivity contribution in [3.8, 4) is 0 Å². The Kier molecular flexibility index (Phi) is 5.26. The number of hydrogen-bond acceptors (Lipinski definition) is 2. The van der Waals surface area contributed by atoms with E-state index in [9.17, 15) is 4.79 Å². The molecule has 1 aromatic carbocycles. The summed E-state index contributed by atoms with van der Waals surface area (Å²) >= 11 is 6.09. The summed E-state index contributed by atoms with van der Waals surface area (Å²) in [7, 11) is 0. The Morgan fingerprint density at radius 2 is 2.15 bits per heavy atom. The highest BCUT2D eigenvalue weighted by Gasteiger charge is 2.29. The SMILES string of the molecule is CCC1CN(C(=O)Nc2ccccc2Cl)C(CC)CN1. The van der Waals surface area contributed by atoms with Gasteiger partial charge in [-0.1, -0.05) is 37.6 Å². The first-order valence-corrected chi connectivity index (χ1v) is 7.59. The first-order valence-electron chi connectivity index (χ1n) is 7.21. The van der Waals surface area contributed by atoms with Crippen molar-refractivity contribution in [2.45, 2.75) is 38.8 Å². The highest BCUT2D eigenvalue weighted by atomic mass is 35.5. The number of piperazine rings is 1. The van der Waals surface area contributed by atoms with Crippen molar-refractivity contribution in [2.24, 2.45) is 0 Å². The van der Waals surface area contributed by atoms with E-state index in [1.807, 2.05) is 23.1 Å². The molecule has 1 aromatic rings. The van der Waals surface area contributed by atoms with E-state index in [0.717, 1.165) is 25.9 Å². The number of nitrogens with zero attached hydrogens (tertiary/aromatic N) is 1. The highest BCUT2D eigenvalue weighted by molar-refractivity contribution is 6.33. The first-order chi connectivity index (χ1) is 9.65. The average Bonchev–Trinajstić information content (AvgIpc) is 2.48. The highest BCUT2D eigenvalue weighted by Crippen LogP contribution is 2.22. The number of halogens is 1. The van der Waals surface area contributed by atoms with Gasteiger partial charge in [0.15, 0.2) is 0 Å². The molecule has 0 bridgehead atoms. The maximum atomic E-state index is 12.5. The van der Waals surface area contributed by atoms with Crippen LogP contribution in [0.3, 0.4) is 0 Å². The molecule has 2 atom stereocenters. The van der Waals surface area contributed by atoms with E-state index in [1.54, 1.807) is 6.07 Å². The molecule has 110 valence electrons. The summed E-state index contributed by atoms with van der Waals surface area (Å²) in [5, 5.41) is 6.96. The second-order valence-electron chi connectivity index (χ2n) is 5.14. The lowest BCUT2D eigenvalue weighted by atomic mass is 10.1. The van der Waals surface area contributed by atoms with Crippen LogP contribution < -0.4 is 10.6 Å². The van der Waals surface area contributed by atoms with Crippen LogP contribution in [0.15, 0.2) is 24.3 Å². The van der Waals surface area contributed by atoms with Crippen molar-refractivity contribution in [3.05, 3.63) is 29.3 Å². The Morgan fingerprint density at radius 3 is 2.80 bits per heavy atom. The lowest BCUT2D eigenvalue weighted by Crippen LogP contribution is -2.58. The predicted octanol–water partition coefficient (Wildman–Crippen LogP) is 3.33. The smallest absolute Gasteiger partial charge is 0.319 e. The topological polar surface area (TPSA) is 44.4 Å². The number of benzene rings is 1. The number of urea groups is 1. The molecule has 2 unspecified atom stereocenters. The molecule has 2 rings (SSSR count). The molecule has 0 aromatic heterocycles. The summed E-state index contributed by atoms with van der Waals surface area (Å²) in [5.74, 6) is 0. The van der Waals surface area contributed by atoms with Gasteiger partial charge in [0.05, 0.1) is 10.7 Å². The lowest BCUT2D eigenvalue weighted by Gasteiger charge is -2.39. The molecule has 0 spiro atoms. The van der Waals surface area contributed by atoms with Gasteiger partial charge < -0.3 is 15.5 Å². The molecule has 0 saturated carbocycles. The van der Waals surface area contributed by atoms with Crippen LogP contribution in [-0.4, -0.2) is 36.1 Å². The van der Waals surface area contributed by atoms with Crippen LogP contribution in [-0.2, 0) is 0 Å². The van der Waals surface area contributed by atoms with E-state index in [1.165, 1.54) is 0 Å². The Morgan fingerprint density at radius 1 is 1.40 bits per heavy atom. The van der Waals surface area contributed by atoms with Crippen molar-refractivity contribution in [1.29, 1.82) is 0 Å². The second kappa shape index (κ2) is 6.95. The number of carbonyl (C=O) groups excluding carboxylic acids is 1. The van der Waals surface area contributed by atoms with Gasteiger partial charge in [-0.3, -0.25) is 0 Å². The molecule has 1 heterocycles. The van der Waals surface area contributed by atoms with E-state index in [-0.39, 0.29) is 12.1 Å². The van der Waals surface area contributed by atoms with Gasteiger partial charge in [0, 0.05) is 25.2 Å². The van der Waals surface area contributed by atoms with Crippen molar-refractivity contribution in [3.63, 3.8) is 0 Å². The Bertz CT molecular complexity index is 466. The van der Waals surface area contributed by atoms with E-state index < -0.39 is 0 Å². The molecule has 0 aliphatic carbocycles. The zero-order valence-electron chi connectivity index (χ0n) is 12.0. The molecular weight excluding hydrogens is 274 g/mol. The molecule has 1 aliphatic rings. The fourth-order valence-corrected chi connectivity index (χ4v) is 2.68. The summed E-state index contributed by atoms with van der Waals surface area (Å²) in [4.78, 5) is 14.4. The predicted molar refractivity (Wildman–Crippen MR) is 83.3 cm³/mol. The van der Waals surface area contributed by atoms with Gasteiger partial charge in [-0.2, -0.15) is 0 Å². The summed E-state index contributed by atoms with van der Waals surface area (Å²) in [6.45, 7) is 5.83. The number of hydrogen-bond donors (Lipinski definition) is 2. The monoisotopic (exact) mass is 295 g/mol. The number of carbonyl (C=O) groups is 1. The molecular formula is C15H22ClN3O. The zero-order chi connectivity index (χ0) is 14.5. The van der Waals surface area contributed by atoms with E-state index >= 15 is 0 Å². The maximum Gasteiger partial charge on any atom is 0.322 e. The Balaban J connectivity index is 2.07. The fraction of sp³-hybridized carbons (Fsp3) is 0.533. The van der Waals surface area contributed by atoms with E-state index in [0.29, 0.717) is 16.8 Å². The average molecular weight is 296 g/mol. The van der Waals surface area contributed by atoms with Crippen LogP contribution in [0.4, 0.5) is 10.5 Å². The van der Waals surface area contributed by atoms with Crippen LogP contribution in [0.2, 0.25) is 5.02 Å². The molecule has 2 amide bonds. The fourth-order valence-electron chi connectivity index (χ4n) is 2.50. The third-order valence-electron chi connectivity index (χ3n) is 3.84. The number of para-hydroxylation sites is 1. The van der Waals surface area contributed by atoms with Crippen LogP contribution in [0.1, 0.15) is 26.7 Å². The van der Waals surface area contributed by atoms with Gasteiger partial charge in [-0.05, 0) is 25.0 Å². The minimum Gasteiger partial charge on any atom is -0.319 e. The largest absolute Gasteiger partial charge is 0.322 e. The standard InChI is InChI=1S/C15H22ClN3O/c1-3-11-10-19(12(4-2)9-17-11)15(20)18-14-8-6-5-7-13(14)16/h5-8,11-12,17H,3-4,9-10H2,1-2H3,(H,18,20). The Hall–Kier alpha value is -1.26. The van der Waals surface area contributed by atoms with Gasteiger partial charge in [0.25, 0.3) is 0 Å². The van der Waals surface area contributed by atoms with E-state index in [2.05, 4.69) is 24.5 Å². The van der Waals surface area contributed by atoms with Crippen LogP contribution in [0.5, 0.6) is 0 Å². The van der Waals surface area contributed by atoms with Gasteiger partial charge in [-0.25, -0.2) is 4.79 Å². The van der Waals surface area contributed by atoms with Gasteiger partial charge in [0.2, 0.25) is 0 Å². The van der Waals surface area contributed by atoms with Crippen LogP contribution >= 0.6 is 11.6 Å². The molecule has 4 nitrogen and oxygen atoms in total. The molecule has 1 fully saturated rings. The van der Waals surface area contributed by atoms with Gasteiger partial charge in [-0.15, -0.1) is 0 Å². The van der Waals surface area contributed by atoms with Crippen LogP contribution in [0.25, 0.3) is 0 Å². The maximum absolute atomic E-state index is 12.5.